The van der Waals surface area contributed by atoms with Gasteiger partial charge in [0, 0.05) is 24.0 Å². The summed E-state index contributed by atoms with van der Waals surface area (Å²) in [4.78, 5) is 25.7. The molecule has 1 N–H and O–H groups in total. The van der Waals surface area contributed by atoms with Gasteiger partial charge in [-0.3, -0.25) is 14.2 Å². The van der Waals surface area contributed by atoms with Gasteiger partial charge in [0.15, 0.2) is 23.2 Å². The van der Waals surface area contributed by atoms with Crippen molar-refractivity contribution in [3.63, 3.8) is 0 Å². The van der Waals surface area contributed by atoms with Crippen LogP contribution >= 0.6 is 0 Å². The molecule has 1 aromatic heterocycles. The Bertz CT molecular complexity index is 1230. The minimum Gasteiger partial charge on any atom is -0.369 e. The van der Waals surface area contributed by atoms with Crippen molar-refractivity contribution in [2.45, 2.75) is 6.54 Å². The second-order valence-electron chi connectivity index (χ2n) is 5.98. The van der Waals surface area contributed by atoms with Crippen molar-refractivity contribution in [2.24, 2.45) is 0 Å². The van der Waals surface area contributed by atoms with E-state index in [1.54, 1.807) is 18.2 Å². The fourth-order valence-corrected chi connectivity index (χ4v) is 3.32. The van der Waals surface area contributed by atoms with E-state index in [0.717, 1.165) is 4.57 Å². The van der Waals surface area contributed by atoms with E-state index < -0.39 is 45.1 Å². The molecule has 1 aliphatic rings. The molecule has 8 heteroatoms. The number of pyridine rings is 1. The van der Waals surface area contributed by atoms with Gasteiger partial charge in [0.1, 0.15) is 17.5 Å². The number of nitrogens with one attached hydrogen (secondary N) is 1. The first-order valence-electron chi connectivity index (χ1n) is 7.98. The molecule has 0 saturated carbocycles. The van der Waals surface area contributed by atoms with Crippen molar-refractivity contribution >= 4 is 22.4 Å². The van der Waals surface area contributed by atoms with Crippen molar-refractivity contribution in [3.05, 3.63) is 74.8 Å². The summed E-state index contributed by atoms with van der Waals surface area (Å²) in [5.41, 5.74) is -2.30. The molecule has 0 atom stereocenters. The number of fused-ring (bicyclic) bond motifs is 2. The van der Waals surface area contributed by atoms with E-state index in [4.69, 9.17) is 5.26 Å². The minimum atomic E-state index is -1.73. The predicted octanol–water partition coefficient (Wildman–Crippen LogP) is 2.95. The Kier molecular flexibility index (Phi) is 3.73. The molecule has 0 fully saturated rings. The monoisotopic (exact) mass is 369 g/mol. The van der Waals surface area contributed by atoms with Gasteiger partial charge >= 0.3 is 0 Å². The maximum absolute atomic E-state index is 14.8. The highest BCUT2D eigenvalue weighted by Crippen LogP contribution is 2.34. The topological polar surface area (TPSA) is 74.9 Å². The largest absolute Gasteiger partial charge is 0.369 e. The Hall–Kier alpha value is -3.60. The van der Waals surface area contributed by atoms with Crippen LogP contribution in [0.15, 0.2) is 35.1 Å². The normalized spacial score (nSPS) is 12.5. The summed E-state index contributed by atoms with van der Waals surface area (Å²) in [5, 5.41) is 10.2. The third-order valence-electron chi connectivity index (χ3n) is 4.54. The maximum Gasteiger partial charge on any atom is 0.263 e. The van der Waals surface area contributed by atoms with Crippen LogP contribution in [0.25, 0.3) is 10.8 Å². The van der Waals surface area contributed by atoms with E-state index in [1.807, 2.05) is 0 Å². The molecule has 1 aliphatic heterocycles. The number of nitrogens with zero attached hydrogens (tertiary/aromatic N) is 2. The van der Waals surface area contributed by atoms with E-state index >= 15 is 0 Å². The second kappa shape index (κ2) is 5.99. The molecule has 2 aromatic carbocycles. The predicted molar refractivity (Wildman–Crippen MR) is 91.2 cm³/mol. The van der Waals surface area contributed by atoms with Crippen molar-refractivity contribution in [2.75, 3.05) is 11.9 Å². The summed E-state index contributed by atoms with van der Waals surface area (Å²) in [6, 6.07) is 9.02. The van der Waals surface area contributed by atoms with E-state index in [2.05, 4.69) is 5.32 Å². The Morgan fingerprint density at radius 3 is 2.44 bits per heavy atom. The van der Waals surface area contributed by atoms with Gasteiger partial charge in [-0.25, -0.2) is 13.2 Å². The van der Waals surface area contributed by atoms with Gasteiger partial charge in [0.2, 0.25) is 0 Å². The van der Waals surface area contributed by atoms with Crippen molar-refractivity contribution in [3.8, 4) is 6.07 Å². The fourth-order valence-electron chi connectivity index (χ4n) is 3.32. The molecule has 0 radical (unpaired) electrons. The van der Waals surface area contributed by atoms with Crippen LogP contribution in [0.3, 0.4) is 0 Å². The van der Waals surface area contributed by atoms with Crippen LogP contribution in [0.5, 0.6) is 0 Å². The Morgan fingerprint density at radius 1 is 1.07 bits per heavy atom. The number of carbonyl (C=O) groups is 1. The number of nitriles is 1. The van der Waals surface area contributed by atoms with Crippen LogP contribution in [0, 0.1) is 28.8 Å². The molecule has 0 bridgehead atoms. The highest BCUT2D eigenvalue weighted by atomic mass is 19.2. The van der Waals surface area contributed by atoms with Crippen LogP contribution < -0.4 is 10.9 Å². The number of hydrogen-bond acceptors (Lipinski definition) is 4. The first-order chi connectivity index (χ1) is 13.0. The molecule has 5 nitrogen and oxygen atoms in total. The first kappa shape index (κ1) is 16.8. The van der Waals surface area contributed by atoms with Gasteiger partial charge in [-0.15, -0.1) is 0 Å². The van der Waals surface area contributed by atoms with Crippen LogP contribution in [0.2, 0.25) is 0 Å². The molecular weight excluding hydrogens is 359 g/mol. The number of aromatic nitrogens is 1. The SMILES string of the molecule is N#Cc1c(F)c(F)c2c(C(=O)c3ccccc3)c3n(c(=O)c2c1F)CCN3. The number of hydrogen-bond donors (Lipinski definition) is 1. The zero-order valence-electron chi connectivity index (χ0n) is 13.6. The quantitative estimate of drug-likeness (QED) is 0.557. The van der Waals surface area contributed by atoms with E-state index in [-0.39, 0.29) is 30.0 Å². The van der Waals surface area contributed by atoms with Gasteiger partial charge in [0.05, 0.1) is 10.9 Å². The van der Waals surface area contributed by atoms with Gasteiger partial charge in [-0.1, -0.05) is 30.3 Å². The highest BCUT2D eigenvalue weighted by Gasteiger charge is 2.32. The van der Waals surface area contributed by atoms with E-state index in [0.29, 0.717) is 0 Å². The Labute approximate surface area is 150 Å². The van der Waals surface area contributed by atoms with Crippen LogP contribution in [0.4, 0.5) is 19.0 Å². The van der Waals surface area contributed by atoms with Crippen LogP contribution in [0.1, 0.15) is 21.5 Å². The maximum atomic E-state index is 14.8. The smallest absolute Gasteiger partial charge is 0.263 e. The van der Waals surface area contributed by atoms with Crippen molar-refractivity contribution in [1.82, 2.24) is 4.57 Å². The number of anilines is 1. The number of benzene rings is 2. The van der Waals surface area contributed by atoms with Crippen LogP contribution in [-0.2, 0) is 6.54 Å². The molecule has 134 valence electrons. The van der Waals surface area contributed by atoms with Crippen molar-refractivity contribution < 1.29 is 18.0 Å². The Morgan fingerprint density at radius 2 is 1.78 bits per heavy atom. The summed E-state index contributed by atoms with van der Waals surface area (Å²) in [6.45, 7) is 0.386. The molecule has 4 rings (SSSR count). The standard InChI is InChI=1S/C19H10F3N3O2/c20-14-10(8-23)15(21)16(22)11-12(14)19(27)25-7-6-24-18(25)13(11)17(26)9-4-2-1-3-5-9/h1-5,24H,6-7H2. The summed E-state index contributed by atoms with van der Waals surface area (Å²) >= 11 is 0. The molecule has 0 aliphatic carbocycles. The first-order valence-corrected chi connectivity index (χ1v) is 7.98. The lowest BCUT2D eigenvalue weighted by molar-refractivity contribution is 0.104. The highest BCUT2D eigenvalue weighted by molar-refractivity contribution is 6.19. The van der Waals surface area contributed by atoms with E-state index in [1.165, 1.54) is 18.2 Å². The van der Waals surface area contributed by atoms with Crippen molar-refractivity contribution in [1.29, 1.82) is 5.26 Å². The third kappa shape index (κ3) is 2.25. The molecule has 27 heavy (non-hydrogen) atoms. The second-order valence-corrected chi connectivity index (χ2v) is 5.98. The van der Waals surface area contributed by atoms with Crippen LogP contribution in [-0.4, -0.2) is 16.9 Å². The number of carbonyl (C=O) groups excluding carboxylic acids is 1. The number of rotatable bonds is 2. The minimum absolute atomic E-state index is 0.00348. The zero-order chi connectivity index (χ0) is 19.3. The fraction of sp³-hybridized carbons (Fsp3) is 0.105. The molecule has 0 unspecified atom stereocenters. The van der Waals surface area contributed by atoms with Gasteiger partial charge in [-0.2, -0.15) is 5.26 Å². The average molecular weight is 369 g/mol. The van der Waals surface area contributed by atoms with Gasteiger partial charge in [0.25, 0.3) is 5.56 Å². The molecule has 3 aromatic rings. The zero-order valence-corrected chi connectivity index (χ0v) is 13.6. The summed E-state index contributed by atoms with van der Waals surface area (Å²) in [6.07, 6.45) is 0. The van der Waals surface area contributed by atoms with Gasteiger partial charge < -0.3 is 5.32 Å². The Balaban J connectivity index is 2.23. The lowest BCUT2D eigenvalue weighted by Crippen LogP contribution is -2.23. The number of ketones is 1. The molecule has 0 amide bonds. The molecule has 0 saturated heterocycles. The lowest BCUT2D eigenvalue weighted by Gasteiger charge is -2.15. The third-order valence-corrected chi connectivity index (χ3v) is 4.54. The molecule has 2 heterocycles. The number of halogens is 3. The summed E-state index contributed by atoms with van der Waals surface area (Å²) < 4.78 is 44.8. The lowest BCUT2D eigenvalue weighted by atomic mass is 9.96. The summed E-state index contributed by atoms with van der Waals surface area (Å²) in [5.74, 6) is -5.49. The van der Waals surface area contributed by atoms with Gasteiger partial charge in [-0.05, 0) is 0 Å². The average Bonchev–Trinajstić information content (AvgIpc) is 3.17. The summed E-state index contributed by atoms with van der Waals surface area (Å²) in [7, 11) is 0. The molecular formula is C19H10F3N3O2. The van der Waals surface area contributed by atoms with E-state index in [9.17, 15) is 22.8 Å². The molecule has 0 spiro atoms.